The maximum Gasteiger partial charge on any atom is 0.265 e. The number of carbonyl (C=O) groups excluding carboxylic acids is 1. The Hall–Kier alpha value is -3.12. The zero-order valence-corrected chi connectivity index (χ0v) is 15.9. The molecule has 0 aliphatic carbocycles. The van der Waals surface area contributed by atoms with Gasteiger partial charge in [-0.1, -0.05) is 30.3 Å². The van der Waals surface area contributed by atoms with Gasteiger partial charge < -0.3 is 19.5 Å². The molecule has 2 aromatic carbocycles. The van der Waals surface area contributed by atoms with Crippen molar-refractivity contribution in [1.82, 2.24) is 4.98 Å². The van der Waals surface area contributed by atoms with Crippen molar-refractivity contribution in [3.63, 3.8) is 0 Å². The lowest BCUT2D eigenvalue weighted by Gasteiger charge is -2.24. The summed E-state index contributed by atoms with van der Waals surface area (Å²) in [5, 5.41) is 0.814. The van der Waals surface area contributed by atoms with Crippen molar-refractivity contribution in [3.05, 3.63) is 70.0 Å². The molecule has 1 N–H and O–H groups in total. The van der Waals surface area contributed by atoms with Crippen molar-refractivity contribution in [2.75, 3.05) is 38.1 Å². The van der Waals surface area contributed by atoms with E-state index in [-0.39, 0.29) is 11.5 Å². The number of nitrogens with one attached hydrogen (secondary N) is 1. The van der Waals surface area contributed by atoms with Crippen LogP contribution < -0.4 is 15.4 Å². The van der Waals surface area contributed by atoms with E-state index in [9.17, 15) is 9.59 Å². The highest BCUT2D eigenvalue weighted by atomic mass is 16.5. The molecule has 0 radical (unpaired) electrons. The third-order valence-corrected chi connectivity index (χ3v) is 4.51. The highest BCUT2D eigenvalue weighted by Gasteiger charge is 2.25. The summed E-state index contributed by atoms with van der Waals surface area (Å²) in [6.07, 6.45) is 0. The van der Waals surface area contributed by atoms with E-state index in [0.29, 0.717) is 17.8 Å². The van der Waals surface area contributed by atoms with Gasteiger partial charge in [0.1, 0.15) is 5.56 Å². The second-order valence-corrected chi connectivity index (χ2v) is 6.54. The van der Waals surface area contributed by atoms with E-state index in [1.165, 1.54) is 4.90 Å². The van der Waals surface area contributed by atoms with Gasteiger partial charge in [-0.25, -0.2) is 0 Å². The molecule has 1 amide bonds. The smallest absolute Gasteiger partial charge is 0.265 e. The van der Waals surface area contributed by atoms with Crippen LogP contribution in [-0.4, -0.2) is 39.1 Å². The van der Waals surface area contributed by atoms with Crippen LogP contribution in [-0.2, 0) is 11.3 Å². The summed E-state index contributed by atoms with van der Waals surface area (Å²) in [7, 11) is 6.95. The van der Waals surface area contributed by atoms with Crippen LogP contribution in [0.25, 0.3) is 10.9 Å². The molecule has 6 nitrogen and oxygen atoms in total. The first kappa shape index (κ1) is 18.7. The van der Waals surface area contributed by atoms with Crippen molar-refractivity contribution >= 4 is 28.2 Å². The number of benzene rings is 2. The molecule has 0 saturated carbocycles. The van der Waals surface area contributed by atoms with Crippen LogP contribution in [0.3, 0.4) is 0 Å². The van der Waals surface area contributed by atoms with Gasteiger partial charge in [0.2, 0.25) is 0 Å². The van der Waals surface area contributed by atoms with Gasteiger partial charge in [0.25, 0.3) is 11.5 Å². The number of ether oxygens (including phenoxy) is 1. The summed E-state index contributed by atoms with van der Waals surface area (Å²) < 4.78 is 5.31. The summed E-state index contributed by atoms with van der Waals surface area (Å²) in [6.45, 7) is 0.381. The van der Waals surface area contributed by atoms with Crippen LogP contribution in [0.4, 0.5) is 11.4 Å². The molecule has 140 valence electrons. The standard InChI is InChI=1S/C21H23N3O3/c1-23(2)19-17-14(13-27-4)9-8-12-16(17)22-20(25)18(19)21(26)24(3)15-10-6-5-7-11-15/h5-12H,13H2,1-4H3,(H,22,25). The van der Waals surface area contributed by atoms with Crippen LogP contribution in [0, 0.1) is 0 Å². The Bertz CT molecular complexity index is 1030. The number of aromatic amines is 1. The highest BCUT2D eigenvalue weighted by Crippen LogP contribution is 2.31. The second kappa shape index (κ2) is 7.63. The van der Waals surface area contributed by atoms with Gasteiger partial charge >= 0.3 is 0 Å². The molecule has 3 rings (SSSR count). The Morgan fingerprint density at radius 1 is 1.04 bits per heavy atom. The molecule has 0 bridgehead atoms. The maximum atomic E-state index is 13.3. The average molecular weight is 365 g/mol. The number of para-hydroxylation sites is 1. The minimum atomic E-state index is -0.409. The molecule has 6 heteroatoms. The van der Waals surface area contributed by atoms with Crippen LogP contribution in [0.5, 0.6) is 0 Å². The van der Waals surface area contributed by atoms with Crippen LogP contribution >= 0.6 is 0 Å². The number of carbonyl (C=O) groups is 1. The predicted molar refractivity (Wildman–Crippen MR) is 109 cm³/mol. The number of fused-ring (bicyclic) bond motifs is 1. The van der Waals surface area contributed by atoms with Gasteiger partial charge in [-0.2, -0.15) is 0 Å². The second-order valence-electron chi connectivity index (χ2n) is 6.54. The number of rotatable bonds is 5. The number of anilines is 2. The first-order valence-electron chi connectivity index (χ1n) is 8.63. The zero-order valence-electron chi connectivity index (χ0n) is 15.9. The predicted octanol–water partition coefficient (Wildman–Crippen LogP) is 3.02. The third-order valence-electron chi connectivity index (χ3n) is 4.51. The molecule has 1 heterocycles. The number of pyridine rings is 1. The monoisotopic (exact) mass is 365 g/mol. The van der Waals surface area contributed by atoms with Crippen LogP contribution in [0.2, 0.25) is 0 Å². The Morgan fingerprint density at radius 3 is 2.37 bits per heavy atom. The van der Waals surface area contributed by atoms with Gasteiger partial charge in [-0.15, -0.1) is 0 Å². The fourth-order valence-electron chi connectivity index (χ4n) is 3.26. The van der Waals surface area contributed by atoms with Gasteiger partial charge in [0.15, 0.2) is 0 Å². The van der Waals surface area contributed by atoms with E-state index >= 15 is 0 Å². The highest BCUT2D eigenvalue weighted by molar-refractivity contribution is 6.13. The van der Waals surface area contributed by atoms with Crippen molar-refractivity contribution in [1.29, 1.82) is 0 Å². The quantitative estimate of drug-likeness (QED) is 0.755. The number of methoxy groups -OCH3 is 1. The molecule has 0 aliphatic rings. The fraction of sp³-hybridized carbons (Fsp3) is 0.238. The normalized spacial score (nSPS) is 10.8. The number of aromatic nitrogens is 1. The Kier molecular flexibility index (Phi) is 5.28. The maximum absolute atomic E-state index is 13.3. The lowest BCUT2D eigenvalue weighted by Crippen LogP contribution is -2.34. The van der Waals surface area contributed by atoms with E-state index in [4.69, 9.17) is 4.74 Å². The minimum Gasteiger partial charge on any atom is -0.380 e. The van der Waals surface area contributed by atoms with E-state index in [1.807, 2.05) is 67.5 Å². The molecule has 3 aromatic rings. The molecule has 0 unspecified atom stereocenters. The minimum absolute atomic E-state index is 0.113. The molecule has 1 aromatic heterocycles. The first-order valence-corrected chi connectivity index (χ1v) is 8.63. The number of hydrogen-bond acceptors (Lipinski definition) is 4. The van der Waals surface area contributed by atoms with E-state index < -0.39 is 5.56 Å². The zero-order chi connectivity index (χ0) is 19.6. The summed E-state index contributed by atoms with van der Waals surface area (Å²) in [6, 6.07) is 14.9. The summed E-state index contributed by atoms with van der Waals surface area (Å²) in [5.41, 5.74) is 2.60. The average Bonchev–Trinajstić information content (AvgIpc) is 2.66. The molecule has 0 fully saturated rings. The Morgan fingerprint density at radius 2 is 1.74 bits per heavy atom. The third kappa shape index (κ3) is 3.44. The van der Waals surface area contributed by atoms with E-state index in [2.05, 4.69) is 4.98 Å². The largest absolute Gasteiger partial charge is 0.380 e. The van der Waals surface area contributed by atoms with Crippen LogP contribution in [0.1, 0.15) is 15.9 Å². The number of hydrogen-bond donors (Lipinski definition) is 1. The number of H-pyrrole nitrogens is 1. The lowest BCUT2D eigenvalue weighted by atomic mass is 10.0. The van der Waals surface area contributed by atoms with Crippen molar-refractivity contribution in [3.8, 4) is 0 Å². The molecule has 27 heavy (non-hydrogen) atoms. The summed E-state index contributed by atoms with van der Waals surface area (Å²) >= 11 is 0. The van der Waals surface area contributed by atoms with Gasteiger partial charge in [-0.3, -0.25) is 9.59 Å². The summed E-state index contributed by atoms with van der Waals surface area (Å²) in [5.74, 6) is -0.361. The molecule has 0 atom stereocenters. The number of amides is 1. The van der Waals surface area contributed by atoms with Gasteiger partial charge in [0.05, 0.1) is 17.8 Å². The Labute approximate surface area is 158 Å². The van der Waals surface area contributed by atoms with Gasteiger partial charge in [0, 0.05) is 39.3 Å². The molecular formula is C21H23N3O3. The van der Waals surface area contributed by atoms with Crippen molar-refractivity contribution in [2.24, 2.45) is 0 Å². The van der Waals surface area contributed by atoms with E-state index in [1.54, 1.807) is 14.2 Å². The molecule has 0 aliphatic heterocycles. The topological polar surface area (TPSA) is 65.6 Å². The Balaban J connectivity index is 2.27. The van der Waals surface area contributed by atoms with E-state index in [0.717, 1.165) is 16.6 Å². The number of nitrogens with zero attached hydrogens (tertiary/aromatic N) is 2. The van der Waals surface area contributed by atoms with Gasteiger partial charge in [-0.05, 0) is 23.8 Å². The van der Waals surface area contributed by atoms with Crippen LogP contribution in [0.15, 0.2) is 53.3 Å². The van der Waals surface area contributed by atoms with Crippen molar-refractivity contribution < 1.29 is 9.53 Å². The molecular weight excluding hydrogens is 342 g/mol. The molecule has 0 saturated heterocycles. The molecule has 0 spiro atoms. The van der Waals surface area contributed by atoms with Crippen molar-refractivity contribution in [2.45, 2.75) is 6.61 Å². The SMILES string of the molecule is COCc1cccc2[nH]c(=O)c(C(=O)N(C)c3ccccc3)c(N(C)C)c12. The lowest BCUT2D eigenvalue weighted by molar-refractivity contribution is 0.0992. The fourth-order valence-corrected chi connectivity index (χ4v) is 3.26. The summed E-state index contributed by atoms with van der Waals surface area (Å²) in [4.78, 5) is 32.2. The first-order chi connectivity index (χ1) is 13.0.